The van der Waals surface area contributed by atoms with E-state index in [2.05, 4.69) is 4.98 Å². The molecule has 0 bridgehead atoms. The van der Waals surface area contributed by atoms with Crippen molar-refractivity contribution in [1.82, 2.24) is 4.98 Å². The molecule has 180 valence electrons. The summed E-state index contributed by atoms with van der Waals surface area (Å²) >= 11 is 6.43. The predicted molar refractivity (Wildman–Crippen MR) is 127 cm³/mol. The maximum Gasteiger partial charge on any atom is 0.131 e. The van der Waals surface area contributed by atoms with Crippen molar-refractivity contribution in [3.63, 3.8) is 0 Å². The first kappa shape index (κ1) is 24.6. The van der Waals surface area contributed by atoms with E-state index in [1.807, 2.05) is 56.3 Å². The topological polar surface area (TPSA) is 112 Å². The Hall–Kier alpha value is -2.52. The highest BCUT2D eigenvalue weighted by atomic mass is 35.5. The third-order valence-corrected chi connectivity index (χ3v) is 6.27. The molecule has 1 saturated heterocycles. The van der Waals surface area contributed by atoms with E-state index in [0.29, 0.717) is 22.8 Å². The molecule has 2 aromatic carbocycles. The lowest BCUT2D eigenvalue weighted by molar-refractivity contribution is -0.231. The Morgan fingerprint density at radius 3 is 2.21 bits per heavy atom. The number of rotatable bonds is 6. The number of benzene rings is 2. The lowest BCUT2D eigenvalue weighted by atomic mass is 9.90. The Balaban J connectivity index is 1.50. The monoisotopic (exact) mass is 485 g/mol. The van der Waals surface area contributed by atoms with Crippen LogP contribution in [-0.4, -0.2) is 56.4 Å². The summed E-state index contributed by atoms with van der Waals surface area (Å²) in [6, 6.07) is 16.7. The molecule has 4 N–H and O–H groups in total. The van der Waals surface area contributed by atoms with Gasteiger partial charge in [0.25, 0.3) is 0 Å². The van der Waals surface area contributed by atoms with Crippen LogP contribution >= 0.6 is 11.6 Å². The zero-order valence-corrected chi connectivity index (χ0v) is 19.7. The Kier molecular flexibility index (Phi) is 7.52. The van der Waals surface area contributed by atoms with E-state index in [4.69, 9.17) is 21.1 Å². The summed E-state index contributed by atoms with van der Waals surface area (Å²) in [4.78, 5) is 4.35. The van der Waals surface area contributed by atoms with Crippen LogP contribution in [0.25, 0.3) is 0 Å². The molecule has 4 rings (SSSR count). The SMILES string of the molecule is Cc1cc(Oc2ccc(Cc3cc([C@@H]4O[C@H](CO)[C@@H](O)[C@H](O)[C@H]4O)ccc3Cl)cc2)cc(C)n1. The zero-order chi connectivity index (χ0) is 24.4. The predicted octanol–water partition coefficient (Wildman–Crippen LogP) is 3.25. The summed E-state index contributed by atoms with van der Waals surface area (Å²) in [6.07, 6.45) is -5.53. The van der Waals surface area contributed by atoms with Crippen molar-refractivity contribution in [2.75, 3.05) is 6.61 Å². The summed E-state index contributed by atoms with van der Waals surface area (Å²) < 4.78 is 11.6. The average Bonchev–Trinajstić information content (AvgIpc) is 2.80. The molecule has 1 aliphatic rings. The van der Waals surface area contributed by atoms with E-state index >= 15 is 0 Å². The van der Waals surface area contributed by atoms with Gasteiger partial charge >= 0.3 is 0 Å². The van der Waals surface area contributed by atoms with Crippen molar-refractivity contribution in [3.8, 4) is 11.5 Å². The van der Waals surface area contributed by atoms with Gasteiger partial charge < -0.3 is 29.9 Å². The van der Waals surface area contributed by atoms with Gasteiger partial charge in [0.1, 0.15) is 42.0 Å². The largest absolute Gasteiger partial charge is 0.457 e. The Labute approximate surface area is 203 Å². The molecule has 0 saturated carbocycles. The van der Waals surface area contributed by atoms with Crippen LogP contribution in [0.4, 0.5) is 0 Å². The third-order valence-electron chi connectivity index (χ3n) is 5.90. The van der Waals surface area contributed by atoms with Crippen molar-refractivity contribution in [1.29, 1.82) is 0 Å². The fraction of sp³-hybridized carbons (Fsp3) is 0.346. The normalized spacial score (nSPS) is 24.7. The summed E-state index contributed by atoms with van der Waals surface area (Å²) in [5.41, 5.74) is 4.19. The highest BCUT2D eigenvalue weighted by Crippen LogP contribution is 2.34. The van der Waals surface area contributed by atoms with Crippen molar-refractivity contribution < 1.29 is 29.9 Å². The van der Waals surface area contributed by atoms with Crippen molar-refractivity contribution in [2.24, 2.45) is 0 Å². The van der Waals surface area contributed by atoms with Crippen LogP contribution in [0.2, 0.25) is 5.02 Å². The highest BCUT2D eigenvalue weighted by molar-refractivity contribution is 6.31. The number of aliphatic hydroxyl groups excluding tert-OH is 4. The van der Waals surface area contributed by atoms with Crippen LogP contribution in [0, 0.1) is 13.8 Å². The van der Waals surface area contributed by atoms with Gasteiger partial charge in [-0.3, -0.25) is 4.98 Å². The third kappa shape index (κ3) is 5.41. The van der Waals surface area contributed by atoms with E-state index in [1.54, 1.807) is 12.1 Å². The van der Waals surface area contributed by atoms with Gasteiger partial charge in [-0.2, -0.15) is 0 Å². The molecule has 3 aromatic rings. The molecular formula is C26H28ClNO6. The number of aromatic nitrogens is 1. The number of hydrogen-bond donors (Lipinski definition) is 4. The maximum absolute atomic E-state index is 10.4. The van der Waals surface area contributed by atoms with Crippen LogP contribution in [0.1, 0.15) is 34.2 Å². The van der Waals surface area contributed by atoms with Crippen LogP contribution in [0.3, 0.4) is 0 Å². The van der Waals surface area contributed by atoms with Crippen molar-refractivity contribution >= 4 is 11.6 Å². The number of pyridine rings is 1. The summed E-state index contributed by atoms with van der Waals surface area (Å²) in [6.45, 7) is 3.37. The second kappa shape index (κ2) is 10.4. The van der Waals surface area contributed by atoms with E-state index in [0.717, 1.165) is 28.3 Å². The molecule has 0 amide bonds. The first-order valence-corrected chi connectivity index (χ1v) is 11.4. The first-order chi connectivity index (χ1) is 16.2. The Morgan fingerprint density at radius 2 is 1.56 bits per heavy atom. The highest BCUT2D eigenvalue weighted by Gasteiger charge is 2.44. The molecule has 1 fully saturated rings. The number of aryl methyl sites for hydroxylation is 2. The molecular weight excluding hydrogens is 458 g/mol. The second-order valence-corrected chi connectivity index (χ2v) is 9.02. The number of nitrogens with zero attached hydrogens (tertiary/aromatic N) is 1. The van der Waals surface area contributed by atoms with E-state index in [9.17, 15) is 20.4 Å². The first-order valence-electron chi connectivity index (χ1n) is 11.1. The lowest BCUT2D eigenvalue weighted by Gasteiger charge is -2.40. The maximum atomic E-state index is 10.4. The molecule has 0 radical (unpaired) electrons. The van der Waals surface area contributed by atoms with Gasteiger partial charge in [0.15, 0.2) is 0 Å². The van der Waals surface area contributed by atoms with Gasteiger partial charge in [-0.15, -0.1) is 0 Å². The standard InChI is InChI=1S/C26H28ClNO6/c1-14-9-20(10-15(2)28-14)33-19-6-3-16(4-7-19)11-18-12-17(5-8-21(18)27)26-25(32)24(31)23(30)22(13-29)34-26/h3-10,12,22-26,29-32H,11,13H2,1-2H3/t22-,23-,24+,25-,26+/m1/s1. The van der Waals surface area contributed by atoms with Gasteiger partial charge in [0, 0.05) is 28.5 Å². The number of hydrogen-bond acceptors (Lipinski definition) is 7. The summed E-state index contributed by atoms with van der Waals surface area (Å²) in [7, 11) is 0. The summed E-state index contributed by atoms with van der Waals surface area (Å²) in [5.74, 6) is 1.43. The zero-order valence-electron chi connectivity index (χ0n) is 18.9. The quantitative estimate of drug-likeness (QED) is 0.424. The van der Waals surface area contributed by atoms with Gasteiger partial charge in [-0.25, -0.2) is 0 Å². The molecule has 5 atom stereocenters. The summed E-state index contributed by atoms with van der Waals surface area (Å²) in [5, 5.41) is 40.6. The fourth-order valence-corrected chi connectivity index (χ4v) is 4.36. The van der Waals surface area contributed by atoms with Crippen molar-refractivity contribution in [2.45, 2.75) is 50.8 Å². The molecule has 0 aliphatic carbocycles. The molecule has 1 aliphatic heterocycles. The Morgan fingerprint density at radius 1 is 0.882 bits per heavy atom. The smallest absolute Gasteiger partial charge is 0.131 e. The molecule has 2 heterocycles. The van der Waals surface area contributed by atoms with Crippen LogP contribution in [0.15, 0.2) is 54.6 Å². The molecule has 0 spiro atoms. The molecule has 1 aromatic heterocycles. The minimum absolute atomic E-state index is 0.477. The van der Waals surface area contributed by atoms with Gasteiger partial charge in [0.2, 0.25) is 0 Å². The second-order valence-electron chi connectivity index (χ2n) is 8.61. The van der Waals surface area contributed by atoms with Crippen molar-refractivity contribution in [3.05, 3.63) is 87.7 Å². The number of ether oxygens (including phenoxy) is 2. The van der Waals surface area contributed by atoms with E-state index < -0.39 is 37.1 Å². The number of aliphatic hydroxyl groups is 4. The molecule has 8 heteroatoms. The van der Waals surface area contributed by atoms with Crippen LogP contribution in [0.5, 0.6) is 11.5 Å². The lowest BCUT2D eigenvalue weighted by Crippen LogP contribution is -2.55. The molecule has 0 unspecified atom stereocenters. The fourth-order valence-electron chi connectivity index (χ4n) is 4.17. The van der Waals surface area contributed by atoms with Crippen LogP contribution in [-0.2, 0) is 11.2 Å². The minimum Gasteiger partial charge on any atom is -0.457 e. The number of halogens is 1. The van der Waals surface area contributed by atoms with Gasteiger partial charge in [0.05, 0.1) is 6.61 Å². The molecule has 34 heavy (non-hydrogen) atoms. The van der Waals surface area contributed by atoms with Gasteiger partial charge in [-0.05, 0) is 55.2 Å². The van der Waals surface area contributed by atoms with Crippen LogP contribution < -0.4 is 4.74 Å². The van der Waals surface area contributed by atoms with E-state index in [1.165, 1.54) is 0 Å². The van der Waals surface area contributed by atoms with E-state index in [-0.39, 0.29) is 0 Å². The van der Waals surface area contributed by atoms with Gasteiger partial charge in [-0.1, -0.05) is 35.9 Å². The molecule has 7 nitrogen and oxygen atoms in total. The average molecular weight is 486 g/mol. The Bertz CT molecular complexity index is 1120. The minimum atomic E-state index is -1.43.